The fraction of sp³-hybridized carbons (Fsp3) is 0.455. The smallest absolute Gasteiger partial charge is 0.144 e. The maximum atomic E-state index is 10.6. The van der Waals surface area contributed by atoms with Crippen molar-refractivity contribution in [1.82, 2.24) is 0 Å². The molecule has 1 aromatic carbocycles. The number of ether oxygens (including phenoxy) is 1. The van der Waals surface area contributed by atoms with Gasteiger partial charge in [0.1, 0.15) is 18.4 Å². The van der Waals surface area contributed by atoms with Gasteiger partial charge in [0.05, 0.1) is 4.87 Å². The summed E-state index contributed by atoms with van der Waals surface area (Å²) in [6.45, 7) is 3.61. The van der Waals surface area contributed by atoms with Crippen LogP contribution in [0.4, 0.5) is 0 Å². The van der Waals surface area contributed by atoms with E-state index in [9.17, 15) is 4.91 Å². The molecule has 0 spiro atoms. The van der Waals surface area contributed by atoms with Crippen molar-refractivity contribution >= 4 is 23.2 Å². The second-order valence-corrected chi connectivity index (χ2v) is 5.36. The second kappa shape index (κ2) is 5.51. The molecule has 1 unspecified atom stereocenters. The average molecular weight is 262 g/mol. The standard InChI is InChI=1S/C11H13Cl2NO2/c1-11(2,13)10(14-15)7-16-9-5-3-8(12)4-6-9/h3-6,10H,7H2,1-2H3. The number of hydrogen-bond donors (Lipinski definition) is 0. The Labute approximate surface area is 105 Å². The molecule has 0 amide bonds. The Morgan fingerprint density at radius 1 is 1.38 bits per heavy atom. The average Bonchev–Trinajstić information content (AvgIpc) is 2.19. The van der Waals surface area contributed by atoms with Gasteiger partial charge in [-0.2, -0.15) is 4.91 Å². The Bertz CT molecular complexity index is 346. The number of benzene rings is 1. The number of nitroso groups, excluding NO2 is 1. The molecule has 0 N–H and O–H groups in total. The van der Waals surface area contributed by atoms with Gasteiger partial charge in [-0.1, -0.05) is 16.8 Å². The van der Waals surface area contributed by atoms with Crippen LogP contribution in [-0.2, 0) is 0 Å². The van der Waals surface area contributed by atoms with Crippen molar-refractivity contribution in [2.45, 2.75) is 24.8 Å². The summed E-state index contributed by atoms with van der Waals surface area (Å²) in [6, 6.07) is 6.29. The third-order valence-electron chi connectivity index (χ3n) is 2.14. The van der Waals surface area contributed by atoms with Crippen LogP contribution in [0.1, 0.15) is 13.8 Å². The molecular weight excluding hydrogens is 249 g/mol. The monoisotopic (exact) mass is 261 g/mol. The van der Waals surface area contributed by atoms with E-state index < -0.39 is 10.9 Å². The van der Waals surface area contributed by atoms with E-state index in [4.69, 9.17) is 27.9 Å². The van der Waals surface area contributed by atoms with Gasteiger partial charge in [-0.3, -0.25) is 0 Å². The van der Waals surface area contributed by atoms with Gasteiger partial charge in [0.2, 0.25) is 0 Å². The summed E-state index contributed by atoms with van der Waals surface area (Å²) < 4.78 is 5.40. The molecule has 0 saturated carbocycles. The first-order valence-corrected chi connectivity index (χ1v) is 5.59. The summed E-state index contributed by atoms with van der Waals surface area (Å²) in [5, 5.41) is 3.59. The zero-order valence-corrected chi connectivity index (χ0v) is 10.6. The molecule has 0 aliphatic rings. The van der Waals surface area contributed by atoms with Crippen LogP contribution >= 0.6 is 23.2 Å². The van der Waals surface area contributed by atoms with Crippen molar-refractivity contribution in [3.8, 4) is 5.75 Å². The van der Waals surface area contributed by atoms with Gasteiger partial charge in [0.25, 0.3) is 0 Å². The van der Waals surface area contributed by atoms with Crippen LogP contribution in [0.5, 0.6) is 5.75 Å². The van der Waals surface area contributed by atoms with E-state index in [0.717, 1.165) is 0 Å². The van der Waals surface area contributed by atoms with Gasteiger partial charge in [-0.25, -0.2) is 0 Å². The molecule has 16 heavy (non-hydrogen) atoms. The molecule has 1 rings (SSSR count). The van der Waals surface area contributed by atoms with Crippen molar-refractivity contribution in [1.29, 1.82) is 0 Å². The van der Waals surface area contributed by atoms with Crippen LogP contribution in [-0.4, -0.2) is 17.5 Å². The molecule has 0 aliphatic carbocycles. The third kappa shape index (κ3) is 3.99. The number of alkyl halides is 1. The fourth-order valence-electron chi connectivity index (χ4n) is 1.06. The maximum Gasteiger partial charge on any atom is 0.144 e. The van der Waals surface area contributed by atoms with Gasteiger partial charge in [0, 0.05) is 5.02 Å². The molecule has 0 bridgehead atoms. The van der Waals surface area contributed by atoms with E-state index in [-0.39, 0.29) is 6.61 Å². The highest BCUT2D eigenvalue weighted by Gasteiger charge is 2.28. The maximum absolute atomic E-state index is 10.6. The molecule has 0 fully saturated rings. The third-order valence-corrected chi connectivity index (χ3v) is 2.65. The molecule has 1 aromatic rings. The summed E-state index contributed by atoms with van der Waals surface area (Å²) in [6.07, 6.45) is 0. The fourth-order valence-corrected chi connectivity index (χ4v) is 1.29. The SMILES string of the molecule is CC(C)(Cl)C(COc1ccc(Cl)cc1)N=O. The van der Waals surface area contributed by atoms with E-state index >= 15 is 0 Å². The summed E-state index contributed by atoms with van der Waals surface area (Å²) in [7, 11) is 0. The topological polar surface area (TPSA) is 38.7 Å². The minimum atomic E-state index is -0.714. The predicted molar refractivity (Wildman–Crippen MR) is 66.5 cm³/mol. The first-order chi connectivity index (χ1) is 7.43. The lowest BCUT2D eigenvalue weighted by Crippen LogP contribution is -2.33. The zero-order valence-electron chi connectivity index (χ0n) is 9.11. The Kier molecular flexibility index (Phi) is 4.56. The van der Waals surface area contributed by atoms with E-state index in [1.807, 2.05) is 0 Å². The zero-order chi connectivity index (χ0) is 12.2. The first kappa shape index (κ1) is 13.3. The van der Waals surface area contributed by atoms with Crippen molar-refractivity contribution in [2.24, 2.45) is 5.18 Å². The van der Waals surface area contributed by atoms with Gasteiger partial charge in [-0.15, -0.1) is 11.6 Å². The summed E-state index contributed by atoms with van der Waals surface area (Å²) in [4.78, 5) is 9.88. The first-order valence-electron chi connectivity index (χ1n) is 4.83. The quantitative estimate of drug-likeness (QED) is 0.596. The summed E-state index contributed by atoms with van der Waals surface area (Å²) in [5.41, 5.74) is 0. The number of halogens is 2. The number of nitrogens with zero attached hydrogens (tertiary/aromatic N) is 1. The van der Waals surface area contributed by atoms with Gasteiger partial charge in [0.15, 0.2) is 0 Å². The Morgan fingerprint density at radius 3 is 2.38 bits per heavy atom. The van der Waals surface area contributed by atoms with Crippen molar-refractivity contribution < 1.29 is 4.74 Å². The van der Waals surface area contributed by atoms with Crippen LogP contribution in [0.3, 0.4) is 0 Å². The predicted octanol–water partition coefficient (Wildman–Crippen LogP) is 3.87. The Hall–Kier alpha value is -0.800. The van der Waals surface area contributed by atoms with Gasteiger partial charge >= 0.3 is 0 Å². The van der Waals surface area contributed by atoms with E-state index in [2.05, 4.69) is 5.18 Å². The molecule has 0 aliphatic heterocycles. The molecule has 1 atom stereocenters. The lowest BCUT2D eigenvalue weighted by atomic mass is 10.1. The van der Waals surface area contributed by atoms with Crippen LogP contribution in [0.25, 0.3) is 0 Å². The summed E-state index contributed by atoms with van der Waals surface area (Å²) >= 11 is 11.7. The highest BCUT2D eigenvalue weighted by Crippen LogP contribution is 2.22. The lowest BCUT2D eigenvalue weighted by molar-refractivity contribution is 0.268. The normalized spacial score (nSPS) is 13.2. The van der Waals surface area contributed by atoms with Gasteiger partial charge in [-0.05, 0) is 38.1 Å². The van der Waals surface area contributed by atoms with Crippen LogP contribution in [0.2, 0.25) is 5.02 Å². The largest absolute Gasteiger partial charge is 0.491 e. The highest BCUT2D eigenvalue weighted by atomic mass is 35.5. The van der Waals surface area contributed by atoms with Crippen LogP contribution in [0, 0.1) is 4.91 Å². The van der Waals surface area contributed by atoms with Crippen molar-refractivity contribution in [2.75, 3.05) is 6.61 Å². The van der Waals surface area contributed by atoms with E-state index in [0.29, 0.717) is 10.8 Å². The lowest BCUT2D eigenvalue weighted by Gasteiger charge is -2.21. The summed E-state index contributed by atoms with van der Waals surface area (Å²) in [5.74, 6) is 0.638. The number of rotatable bonds is 5. The second-order valence-electron chi connectivity index (χ2n) is 3.95. The van der Waals surface area contributed by atoms with Crippen molar-refractivity contribution in [3.63, 3.8) is 0 Å². The van der Waals surface area contributed by atoms with Crippen molar-refractivity contribution in [3.05, 3.63) is 34.2 Å². The van der Waals surface area contributed by atoms with Gasteiger partial charge < -0.3 is 4.74 Å². The highest BCUT2D eigenvalue weighted by molar-refractivity contribution is 6.30. The molecular formula is C11H13Cl2NO2. The molecule has 0 saturated heterocycles. The Balaban J connectivity index is 2.56. The van der Waals surface area contributed by atoms with E-state index in [1.54, 1.807) is 38.1 Å². The minimum absolute atomic E-state index is 0.154. The minimum Gasteiger partial charge on any atom is -0.491 e. The molecule has 0 radical (unpaired) electrons. The van der Waals surface area contributed by atoms with E-state index in [1.165, 1.54) is 0 Å². The molecule has 3 nitrogen and oxygen atoms in total. The molecule has 88 valence electrons. The molecule has 5 heteroatoms. The molecule has 0 aromatic heterocycles. The van der Waals surface area contributed by atoms with Crippen LogP contribution < -0.4 is 4.74 Å². The Morgan fingerprint density at radius 2 is 1.94 bits per heavy atom. The number of hydrogen-bond acceptors (Lipinski definition) is 3. The molecule has 0 heterocycles. The van der Waals surface area contributed by atoms with Crippen LogP contribution in [0.15, 0.2) is 29.4 Å².